The lowest BCUT2D eigenvalue weighted by atomic mass is 10.2. The average molecular weight is 342 g/mol. The predicted molar refractivity (Wildman–Crippen MR) is 89.2 cm³/mol. The van der Waals surface area contributed by atoms with Crippen LogP contribution < -0.4 is 10.7 Å². The molecule has 0 aliphatic carbocycles. The summed E-state index contributed by atoms with van der Waals surface area (Å²) in [6, 6.07) is 13.5. The first-order valence-electron chi connectivity index (χ1n) is 7.06. The number of nitrogens with one attached hydrogen (secondary N) is 1. The third-order valence-corrected chi connectivity index (χ3v) is 4.72. The number of rotatable bonds is 3. The predicted octanol–water partition coefficient (Wildman–Crippen LogP) is 2.69. The lowest BCUT2D eigenvalue weighted by Crippen LogP contribution is -2.14. The van der Waals surface area contributed by atoms with E-state index in [9.17, 15) is 10.3 Å². The second kappa shape index (κ2) is 5.71. The molecule has 1 aromatic heterocycles. The van der Waals surface area contributed by atoms with E-state index in [1.165, 1.54) is 23.9 Å². The molecule has 9 heteroatoms. The Bertz CT molecular complexity index is 898. The van der Waals surface area contributed by atoms with E-state index in [1.54, 1.807) is 28.9 Å². The van der Waals surface area contributed by atoms with Crippen molar-refractivity contribution < 1.29 is 10.3 Å². The Balaban J connectivity index is 1.68. The van der Waals surface area contributed by atoms with Crippen LogP contribution in [0.5, 0.6) is 5.75 Å². The average Bonchev–Trinajstić information content (AvgIpc) is 3.15. The second-order valence-electron chi connectivity index (χ2n) is 5.15. The maximum atomic E-state index is 11.1. The Morgan fingerprint density at radius 1 is 1.17 bits per heavy atom. The molecule has 0 amide bonds. The topological polar surface area (TPSA) is 110 Å². The van der Waals surface area contributed by atoms with Crippen molar-refractivity contribution in [2.24, 2.45) is 0 Å². The van der Waals surface area contributed by atoms with Gasteiger partial charge in [-0.25, -0.2) is 4.68 Å². The highest BCUT2D eigenvalue weighted by Crippen LogP contribution is 2.42. The van der Waals surface area contributed by atoms with Gasteiger partial charge in [0.2, 0.25) is 5.16 Å². The van der Waals surface area contributed by atoms with E-state index in [1.807, 2.05) is 12.1 Å². The number of hydrogen-bond donors (Lipinski definition) is 3. The molecular formula is C15H12N5O3S-. The first kappa shape index (κ1) is 14.8. The molecule has 2 heterocycles. The second-order valence-corrected chi connectivity index (χ2v) is 6.22. The molecule has 0 bridgehead atoms. The fraction of sp³-hybridized carbons (Fsp3) is 0.0667. The highest BCUT2D eigenvalue weighted by Gasteiger charge is 2.29. The van der Waals surface area contributed by atoms with Crippen molar-refractivity contribution in [3.05, 3.63) is 59.3 Å². The van der Waals surface area contributed by atoms with Crippen molar-refractivity contribution in [3.8, 4) is 17.1 Å². The van der Waals surface area contributed by atoms with Crippen LogP contribution in [0.3, 0.4) is 0 Å². The van der Waals surface area contributed by atoms with Crippen LogP contribution in [0.1, 0.15) is 10.9 Å². The molecule has 24 heavy (non-hydrogen) atoms. The summed E-state index contributed by atoms with van der Waals surface area (Å²) < 4.78 is 1.70. The Morgan fingerprint density at radius 2 is 2.00 bits per heavy atom. The molecular weight excluding hydrogens is 330 g/mol. The van der Waals surface area contributed by atoms with E-state index >= 15 is 0 Å². The fourth-order valence-corrected chi connectivity index (χ4v) is 3.53. The fourth-order valence-electron chi connectivity index (χ4n) is 2.50. The molecule has 2 aromatic carbocycles. The minimum atomic E-state index is -0.201. The van der Waals surface area contributed by atoms with E-state index in [4.69, 9.17) is 5.21 Å². The minimum Gasteiger partial charge on any atom is -0.733 e. The van der Waals surface area contributed by atoms with E-state index in [2.05, 4.69) is 15.6 Å². The van der Waals surface area contributed by atoms with Gasteiger partial charge in [0.15, 0.2) is 5.82 Å². The number of nitrogens with zero attached hydrogens (tertiary/aromatic N) is 4. The molecule has 0 radical (unpaired) electrons. The quantitative estimate of drug-likeness (QED) is 0.623. The number of anilines is 1. The smallest absolute Gasteiger partial charge is 0.212 e. The third kappa shape index (κ3) is 2.44. The monoisotopic (exact) mass is 342 g/mol. The van der Waals surface area contributed by atoms with Gasteiger partial charge in [-0.3, -0.25) is 5.21 Å². The molecule has 0 spiro atoms. The molecule has 3 N–H and O–H groups in total. The molecule has 3 aromatic rings. The van der Waals surface area contributed by atoms with Gasteiger partial charge in [-0.05, 0) is 18.2 Å². The summed E-state index contributed by atoms with van der Waals surface area (Å²) in [5, 5.41) is 38.6. The van der Waals surface area contributed by atoms with Crippen LogP contribution in [0.25, 0.3) is 11.4 Å². The first-order chi connectivity index (χ1) is 11.6. The summed E-state index contributed by atoms with van der Waals surface area (Å²) >= 11 is 1.43. The van der Waals surface area contributed by atoms with Crippen molar-refractivity contribution in [3.63, 3.8) is 0 Å². The van der Waals surface area contributed by atoms with Crippen molar-refractivity contribution >= 4 is 17.4 Å². The molecule has 1 aliphatic heterocycles. The lowest BCUT2D eigenvalue weighted by molar-refractivity contribution is 0.296. The normalized spacial score (nSPS) is 15.8. The van der Waals surface area contributed by atoms with E-state index < -0.39 is 0 Å². The Kier molecular flexibility index (Phi) is 3.53. The molecule has 8 nitrogen and oxygen atoms in total. The molecule has 0 saturated carbocycles. The first-order valence-corrected chi connectivity index (χ1v) is 7.94. The highest BCUT2D eigenvalue weighted by atomic mass is 32.2. The highest BCUT2D eigenvalue weighted by molar-refractivity contribution is 7.99. The van der Waals surface area contributed by atoms with Crippen LogP contribution in [0.15, 0.2) is 53.7 Å². The zero-order chi connectivity index (χ0) is 16.7. The standard InChI is InChI=1S/C15H12N5O3S/c21-12-7-2-1-6-11(12)14-18-19-13(16-17-15(19)24-14)9-4-3-5-10(8-9)20(22)23/h1-8,14,18,21-22H/q-1/t14-/m1/s1. The summed E-state index contributed by atoms with van der Waals surface area (Å²) in [5.74, 6) is 0.714. The van der Waals surface area contributed by atoms with Gasteiger partial charge in [0, 0.05) is 11.1 Å². The van der Waals surface area contributed by atoms with E-state index in [0.717, 1.165) is 5.56 Å². The summed E-state index contributed by atoms with van der Waals surface area (Å²) in [7, 11) is 0. The van der Waals surface area contributed by atoms with Crippen LogP contribution in [0, 0.1) is 5.21 Å². The maximum absolute atomic E-state index is 11.1. The minimum absolute atomic E-state index is 0.104. The number of hydrogen-bond acceptors (Lipinski definition) is 8. The number of para-hydroxylation sites is 1. The Hall–Kier alpha value is -2.75. The van der Waals surface area contributed by atoms with Crippen LogP contribution in [0.2, 0.25) is 0 Å². The molecule has 0 saturated heterocycles. The summed E-state index contributed by atoms with van der Waals surface area (Å²) in [4.78, 5) is 0. The number of phenolic OH excluding ortho intramolecular Hbond substituents is 1. The van der Waals surface area contributed by atoms with Gasteiger partial charge in [0.1, 0.15) is 11.1 Å². The number of aromatic hydroxyl groups is 1. The number of fused-ring (bicyclic) bond motifs is 1. The zero-order valence-electron chi connectivity index (χ0n) is 12.2. The van der Waals surface area contributed by atoms with Crippen LogP contribution in [0.4, 0.5) is 5.69 Å². The van der Waals surface area contributed by atoms with Crippen molar-refractivity contribution in [1.29, 1.82) is 0 Å². The van der Waals surface area contributed by atoms with Crippen molar-refractivity contribution in [2.45, 2.75) is 10.5 Å². The number of aromatic nitrogens is 3. The van der Waals surface area contributed by atoms with Gasteiger partial charge < -0.3 is 21.0 Å². The molecule has 0 unspecified atom stereocenters. The van der Waals surface area contributed by atoms with Crippen molar-refractivity contribution in [1.82, 2.24) is 14.9 Å². The Labute approximate surface area is 140 Å². The van der Waals surface area contributed by atoms with Gasteiger partial charge >= 0.3 is 0 Å². The van der Waals surface area contributed by atoms with E-state index in [0.29, 0.717) is 16.5 Å². The summed E-state index contributed by atoms with van der Waals surface area (Å²) in [6.07, 6.45) is 0. The SMILES string of the molecule is [O-]N(O)c1cccc(-c2nnc3n2N[C@@H](c2ccccc2O)S3)c1. The number of benzene rings is 2. The number of phenols is 1. The summed E-state index contributed by atoms with van der Waals surface area (Å²) in [6.45, 7) is 0. The van der Waals surface area contributed by atoms with Gasteiger partial charge in [-0.15, -0.1) is 10.2 Å². The molecule has 1 atom stereocenters. The number of thioether (sulfide) groups is 1. The van der Waals surface area contributed by atoms with Crippen LogP contribution >= 0.6 is 11.8 Å². The van der Waals surface area contributed by atoms with Gasteiger partial charge in [-0.1, -0.05) is 42.1 Å². The maximum Gasteiger partial charge on any atom is 0.212 e. The molecule has 0 fully saturated rings. The van der Waals surface area contributed by atoms with Gasteiger partial charge in [0.25, 0.3) is 0 Å². The third-order valence-electron chi connectivity index (χ3n) is 3.65. The molecule has 1 aliphatic rings. The largest absolute Gasteiger partial charge is 0.733 e. The van der Waals surface area contributed by atoms with E-state index in [-0.39, 0.29) is 22.0 Å². The Morgan fingerprint density at radius 3 is 2.79 bits per heavy atom. The zero-order valence-corrected chi connectivity index (χ0v) is 13.0. The van der Waals surface area contributed by atoms with Crippen LogP contribution in [-0.2, 0) is 0 Å². The molecule has 122 valence electrons. The summed E-state index contributed by atoms with van der Waals surface area (Å²) in [5.41, 5.74) is 4.71. The van der Waals surface area contributed by atoms with Gasteiger partial charge in [0.05, 0.1) is 5.69 Å². The van der Waals surface area contributed by atoms with Crippen LogP contribution in [-0.4, -0.2) is 25.2 Å². The molecule has 4 rings (SSSR count). The lowest BCUT2D eigenvalue weighted by Gasteiger charge is -2.21. The van der Waals surface area contributed by atoms with Crippen molar-refractivity contribution in [2.75, 3.05) is 10.7 Å². The van der Waals surface area contributed by atoms with Gasteiger partial charge in [-0.2, -0.15) is 0 Å².